The first-order valence-electron chi connectivity index (χ1n) is 8.68. The van der Waals surface area contributed by atoms with E-state index in [2.05, 4.69) is 25.7 Å². The number of hydrogen-bond acceptors (Lipinski definition) is 4. The molecule has 0 spiro atoms. The molecule has 7 nitrogen and oxygen atoms in total. The topological polar surface area (TPSA) is 75.1 Å². The van der Waals surface area contributed by atoms with Crippen molar-refractivity contribution in [3.05, 3.63) is 36.2 Å². The summed E-state index contributed by atoms with van der Waals surface area (Å²) in [5, 5.41) is 13.4. The number of carbonyl (C=O) groups is 1. The van der Waals surface area contributed by atoms with Crippen molar-refractivity contribution in [1.29, 1.82) is 0 Å². The Hall–Kier alpha value is -2.64. The van der Waals surface area contributed by atoms with Crippen molar-refractivity contribution < 1.29 is 9.18 Å². The molecule has 1 aromatic heterocycles. The lowest BCUT2D eigenvalue weighted by Crippen LogP contribution is -2.29. The molecule has 2 amide bonds. The predicted octanol–water partition coefficient (Wildman–Crippen LogP) is 2.67. The van der Waals surface area contributed by atoms with Gasteiger partial charge in [0.15, 0.2) is 5.82 Å². The van der Waals surface area contributed by atoms with Crippen LogP contribution in [0.4, 0.5) is 20.6 Å². The van der Waals surface area contributed by atoms with Crippen LogP contribution in [0.25, 0.3) is 0 Å². The van der Waals surface area contributed by atoms with Gasteiger partial charge in [0.1, 0.15) is 12.1 Å². The van der Waals surface area contributed by atoms with E-state index in [-0.39, 0.29) is 18.4 Å². The molecule has 2 aliphatic rings. The first kappa shape index (κ1) is 15.9. The summed E-state index contributed by atoms with van der Waals surface area (Å²) in [6.45, 7) is 2.13. The number of carbonyl (C=O) groups excluding carboxylic acids is 1. The summed E-state index contributed by atoms with van der Waals surface area (Å²) in [6.07, 6.45) is 6.17. The Morgan fingerprint density at radius 3 is 2.80 bits per heavy atom. The molecule has 4 rings (SSSR count). The molecular formula is C17H21FN6O. The highest BCUT2D eigenvalue weighted by molar-refractivity contribution is 5.89. The first-order valence-corrected chi connectivity index (χ1v) is 8.68. The molecular weight excluding hydrogens is 323 g/mol. The highest BCUT2D eigenvalue weighted by Gasteiger charge is 2.26. The number of amides is 2. The Kier molecular flexibility index (Phi) is 4.25. The van der Waals surface area contributed by atoms with Gasteiger partial charge in [0.25, 0.3) is 0 Å². The lowest BCUT2D eigenvalue weighted by molar-refractivity contribution is 0.251. The first-order chi connectivity index (χ1) is 12.2. The third-order valence-corrected chi connectivity index (χ3v) is 4.61. The van der Waals surface area contributed by atoms with Gasteiger partial charge in [-0.25, -0.2) is 9.18 Å². The smallest absolute Gasteiger partial charge is 0.319 e. The summed E-state index contributed by atoms with van der Waals surface area (Å²) in [5.74, 6) is 0.378. The van der Waals surface area contributed by atoms with Crippen molar-refractivity contribution in [1.82, 2.24) is 20.1 Å². The van der Waals surface area contributed by atoms with Crippen LogP contribution in [0.3, 0.4) is 0 Å². The van der Waals surface area contributed by atoms with Crippen LogP contribution < -0.4 is 15.5 Å². The largest absolute Gasteiger partial charge is 0.371 e. The second-order valence-electron chi connectivity index (χ2n) is 6.59. The van der Waals surface area contributed by atoms with Gasteiger partial charge in [-0.05, 0) is 43.9 Å². The van der Waals surface area contributed by atoms with Crippen molar-refractivity contribution in [3.8, 4) is 0 Å². The minimum atomic E-state index is -0.386. The molecule has 0 bridgehead atoms. The normalized spacial score (nSPS) is 16.9. The van der Waals surface area contributed by atoms with E-state index in [9.17, 15) is 9.18 Å². The number of hydrogen-bond donors (Lipinski definition) is 2. The summed E-state index contributed by atoms with van der Waals surface area (Å²) >= 11 is 0. The van der Waals surface area contributed by atoms with Crippen LogP contribution >= 0.6 is 0 Å². The average Bonchev–Trinajstić information content (AvgIpc) is 3.10. The Bertz CT molecular complexity index is 766. The van der Waals surface area contributed by atoms with Crippen LogP contribution in [-0.2, 0) is 6.54 Å². The Morgan fingerprint density at radius 2 is 2.04 bits per heavy atom. The SMILES string of the molecule is O=C(NCc1nncn1C1CC1)Nc1cc(F)cc(N2CCCC2)c1. The van der Waals surface area contributed by atoms with Gasteiger partial charge in [-0.15, -0.1) is 10.2 Å². The maximum Gasteiger partial charge on any atom is 0.319 e. The minimum absolute atomic E-state index is 0.288. The van der Waals surface area contributed by atoms with Crippen molar-refractivity contribution in [2.45, 2.75) is 38.3 Å². The van der Waals surface area contributed by atoms with E-state index in [1.165, 1.54) is 12.1 Å². The summed E-state index contributed by atoms with van der Waals surface area (Å²) < 4.78 is 15.9. The fraction of sp³-hybridized carbons (Fsp3) is 0.471. The highest BCUT2D eigenvalue weighted by atomic mass is 19.1. The molecule has 25 heavy (non-hydrogen) atoms. The zero-order valence-corrected chi connectivity index (χ0v) is 13.9. The van der Waals surface area contributed by atoms with Gasteiger partial charge < -0.3 is 20.1 Å². The maximum atomic E-state index is 13.9. The van der Waals surface area contributed by atoms with E-state index in [0.29, 0.717) is 11.7 Å². The van der Waals surface area contributed by atoms with Gasteiger partial charge >= 0.3 is 6.03 Å². The zero-order chi connectivity index (χ0) is 17.2. The van der Waals surface area contributed by atoms with Crippen molar-refractivity contribution in [2.75, 3.05) is 23.3 Å². The fourth-order valence-corrected chi connectivity index (χ4v) is 3.19. The number of nitrogens with zero attached hydrogens (tertiary/aromatic N) is 4. The van der Waals surface area contributed by atoms with Crippen LogP contribution in [-0.4, -0.2) is 33.9 Å². The number of halogens is 1. The molecule has 1 aliphatic heterocycles. The van der Waals surface area contributed by atoms with Crippen LogP contribution in [0.5, 0.6) is 0 Å². The van der Waals surface area contributed by atoms with Gasteiger partial charge in [-0.3, -0.25) is 0 Å². The quantitative estimate of drug-likeness (QED) is 0.874. The molecule has 1 aliphatic carbocycles. The molecule has 2 aromatic rings. The molecule has 8 heteroatoms. The molecule has 1 aromatic carbocycles. The van der Waals surface area contributed by atoms with Crippen molar-refractivity contribution in [2.24, 2.45) is 0 Å². The number of benzene rings is 1. The van der Waals surface area contributed by atoms with Crippen molar-refractivity contribution >= 4 is 17.4 Å². The van der Waals surface area contributed by atoms with Crippen LogP contribution in [0.1, 0.15) is 37.5 Å². The molecule has 2 heterocycles. The summed E-state index contributed by atoms with van der Waals surface area (Å²) in [4.78, 5) is 14.3. The van der Waals surface area contributed by atoms with E-state index in [1.54, 1.807) is 12.4 Å². The third kappa shape index (κ3) is 3.72. The molecule has 1 saturated carbocycles. The lowest BCUT2D eigenvalue weighted by atomic mass is 10.2. The monoisotopic (exact) mass is 344 g/mol. The van der Waals surface area contributed by atoms with Crippen LogP contribution in [0.15, 0.2) is 24.5 Å². The average molecular weight is 344 g/mol. The zero-order valence-electron chi connectivity index (χ0n) is 13.9. The summed E-state index contributed by atoms with van der Waals surface area (Å²) in [5.41, 5.74) is 1.25. The van der Waals surface area contributed by atoms with Gasteiger partial charge in [0, 0.05) is 30.5 Å². The van der Waals surface area contributed by atoms with E-state index in [1.807, 2.05) is 4.57 Å². The molecule has 0 unspecified atom stereocenters. The third-order valence-electron chi connectivity index (χ3n) is 4.61. The standard InChI is InChI=1S/C17H21FN6O/c18-12-7-13(9-15(8-12)23-5-1-2-6-23)21-17(25)19-10-16-22-20-11-24(16)14-3-4-14/h7-9,11,14H,1-6,10H2,(H2,19,21,25). The second kappa shape index (κ2) is 6.70. The van der Waals surface area contributed by atoms with Gasteiger partial charge in [0.2, 0.25) is 0 Å². The summed E-state index contributed by atoms with van der Waals surface area (Å²) in [7, 11) is 0. The van der Waals surface area contributed by atoms with Crippen molar-refractivity contribution in [3.63, 3.8) is 0 Å². The van der Waals surface area contributed by atoms with Gasteiger partial charge in [-0.1, -0.05) is 0 Å². The second-order valence-corrected chi connectivity index (χ2v) is 6.59. The van der Waals surface area contributed by atoms with Crippen LogP contribution in [0, 0.1) is 5.82 Å². The van der Waals surface area contributed by atoms with E-state index < -0.39 is 0 Å². The Labute approximate surface area is 145 Å². The molecule has 2 N–H and O–H groups in total. The van der Waals surface area contributed by atoms with Gasteiger partial charge in [-0.2, -0.15) is 0 Å². The fourth-order valence-electron chi connectivity index (χ4n) is 3.19. The number of rotatable bonds is 5. The highest BCUT2D eigenvalue weighted by Crippen LogP contribution is 2.35. The van der Waals surface area contributed by atoms with E-state index >= 15 is 0 Å². The van der Waals surface area contributed by atoms with E-state index in [4.69, 9.17) is 0 Å². The van der Waals surface area contributed by atoms with Gasteiger partial charge in [0.05, 0.1) is 6.54 Å². The molecule has 2 fully saturated rings. The number of nitrogens with one attached hydrogen (secondary N) is 2. The maximum absolute atomic E-state index is 13.9. The predicted molar refractivity (Wildman–Crippen MR) is 92.0 cm³/mol. The Balaban J connectivity index is 1.37. The number of urea groups is 1. The Morgan fingerprint density at radius 1 is 1.24 bits per heavy atom. The summed E-state index contributed by atoms with van der Waals surface area (Å²) in [6, 6.07) is 4.71. The minimum Gasteiger partial charge on any atom is -0.371 e. The molecule has 132 valence electrons. The molecule has 0 atom stereocenters. The van der Waals surface area contributed by atoms with Crippen LogP contribution in [0.2, 0.25) is 0 Å². The number of anilines is 2. The lowest BCUT2D eigenvalue weighted by Gasteiger charge is -2.19. The molecule has 0 radical (unpaired) electrons. The number of aromatic nitrogens is 3. The molecule has 1 saturated heterocycles. The van der Waals surface area contributed by atoms with E-state index in [0.717, 1.165) is 50.3 Å².